The number of fused-ring (bicyclic) bond motifs is 3. The van der Waals surface area contributed by atoms with Gasteiger partial charge in [-0.1, -0.05) is 5.16 Å². The third-order valence-electron chi connectivity index (χ3n) is 7.10. The lowest BCUT2D eigenvalue weighted by Crippen LogP contribution is -2.44. The van der Waals surface area contributed by atoms with E-state index in [4.69, 9.17) is 19.2 Å². The number of ether oxygens (including phenoxy) is 1. The highest BCUT2D eigenvalue weighted by Crippen LogP contribution is 2.35. The average Bonchev–Trinajstić information content (AvgIpc) is 3.37. The van der Waals surface area contributed by atoms with Gasteiger partial charge in [0.05, 0.1) is 42.1 Å². The second-order valence-corrected chi connectivity index (χ2v) is 9.80. The van der Waals surface area contributed by atoms with Gasteiger partial charge in [-0.2, -0.15) is 8.78 Å². The first-order chi connectivity index (χ1) is 17.2. The normalized spacial score (nSPS) is 16.6. The van der Waals surface area contributed by atoms with E-state index in [1.54, 1.807) is 6.20 Å². The van der Waals surface area contributed by atoms with Crippen LogP contribution in [0, 0.1) is 20.8 Å². The Morgan fingerprint density at radius 1 is 1.08 bits per heavy atom. The molecule has 1 aliphatic rings. The fourth-order valence-electron chi connectivity index (χ4n) is 5.20. The molecule has 1 atom stereocenters. The molecule has 0 saturated carbocycles. The molecular formula is C26H32F2N6O2. The number of halogens is 2. The van der Waals surface area contributed by atoms with Crippen molar-refractivity contribution in [2.75, 3.05) is 39.8 Å². The molecule has 3 aromatic heterocycles. The van der Waals surface area contributed by atoms with E-state index < -0.39 is 6.61 Å². The third kappa shape index (κ3) is 4.60. The highest BCUT2D eigenvalue weighted by atomic mass is 19.3. The molecule has 1 saturated heterocycles. The van der Waals surface area contributed by atoms with Crippen LogP contribution in [0.25, 0.3) is 33.1 Å². The third-order valence-corrected chi connectivity index (χ3v) is 7.10. The van der Waals surface area contributed by atoms with Gasteiger partial charge in [0.2, 0.25) is 0 Å². The van der Waals surface area contributed by atoms with E-state index in [0.717, 1.165) is 82.1 Å². The highest BCUT2D eigenvalue weighted by Gasteiger charge is 2.24. The second-order valence-electron chi connectivity index (χ2n) is 9.80. The highest BCUT2D eigenvalue weighted by molar-refractivity contribution is 6.04. The molecule has 8 nitrogen and oxygen atoms in total. The van der Waals surface area contributed by atoms with Crippen molar-refractivity contribution in [2.24, 2.45) is 0 Å². The molecule has 0 unspecified atom stereocenters. The van der Waals surface area contributed by atoms with Crippen LogP contribution in [-0.4, -0.2) is 75.9 Å². The van der Waals surface area contributed by atoms with Crippen molar-refractivity contribution in [3.05, 3.63) is 41.2 Å². The molecule has 0 aliphatic carbocycles. The number of benzene rings is 1. The Morgan fingerprint density at radius 2 is 1.83 bits per heavy atom. The fraction of sp³-hybridized carbons (Fsp3) is 0.500. The Hall–Kier alpha value is -2.95. The monoisotopic (exact) mass is 498 g/mol. The molecule has 1 aromatic carbocycles. The quantitative estimate of drug-likeness (QED) is 0.365. The van der Waals surface area contributed by atoms with Crippen molar-refractivity contribution < 1.29 is 18.0 Å². The number of imidazole rings is 1. The minimum atomic E-state index is -2.82. The van der Waals surface area contributed by atoms with Crippen LogP contribution >= 0.6 is 0 Å². The van der Waals surface area contributed by atoms with Crippen LogP contribution in [0.1, 0.15) is 35.8 Å². The zero-order valence-electron chi connectivity index (χ0n) is 21.4. The van der Waals surface area contributed by atoms with E-state index in [0.29, 0.717) is 6.54 Å². The largest absolute Gasteiger partial charge is 0.361 e. The molecular weight excluding hydrogens is 466 g/mol. The molecule has 192 valence electrons. The predicted molar refractivity (Wildman–Crippen MR) is 134 cm³/mol. The number of pyridine rings is 1. The molecule has 0 amide bonds. The molecule has 1 aliphatic heterocycles. The average molecular weight is 499 g/mol. The molecule has 10 heteroatoms. The number of nitrogens with zero attached hydrogens (tertiary/aromatic N) is 6. The standard InChI is InChI=1S/C26H32F2N6O2/c1-15-10-20-21(11-19(15)24-17(3)31-36-18(24)4)29-12-22-25(20)34(16(2)14-35-26(27)28)23(30-22)13-33-8-6-32(5)7-9-33/h10-12,16,26H,6-9,13-14H2,1-5H3/t16-/m1/s1. The zero-order valence-corrected chi connectivity index (χ0v) is 21.4. The van der Waals surface area contributed by atoms with E-state index in [1.807, 2.05) is 20.8 Å². The number of aromatic nitrogens is 4. The van der Waals surface area contributed by atoms with Gasteiger partial charge in [-0.15, -0.1) is 0 Å². The summed E-state index contributed by atoms with van der Waals surface area (Å²) in [5.74, 6) is 1.59. The second kappa shape index (κ2) is 9.84. The maximum atomic E-state index is 12.9. The Morgan fingerprint density at radius 3 is 2.50 bits per heavy atom. The molecule has 0 radical (unpaired) electrons. The molecule has 0 spiro atoms. The van der Waals surface area contributed by atoms with Crippen molar-refractivity contribution in [3.63, 3.8) is 0 Å². The Labute approximate surface area is 208 Å². The maximum absolute atomic E-state index is 12.9. The molecule has 1 fully saturated rings. The SMILES string of the molecule is Cc1cc2c(cc1-c1c(C)noc1C)ncc1nc(CN3CCN(C)CC3)n([C@H](C)COC(F)F)c12. The first-order valence-electron chi connectivity index (χ1n) is 12.3. The summed E-state index contributed by atoms with van der Waals surface area (Å²) in [7, 11) is 2.12. The van der Waals surface area contributed by atoms with E-state index in [1.165, 1.54) is 0 Å². The van der Waals surface area contributed by atoms with Gasteiger partial charge in [-0.05, 0) is 58.0 Å². The number of aryl methyl sites for hydroxylation is 3. The summed E-state index contributed by atoms with van der Waals surface area (Å²) in [5, 5.41) is 5.04. The minimum Gasteiger partial charge on any atom is -0.361 e. The maximum Gasteiger partial charge on any atom is 0.345 e. The van der Waals surface area contributed by atoms with Gasteiger partial charge in [-0.25, -0.2) is 4.98 Å². The molecule has 0 bridgehead atoms. The number of rotatable bonds is 7. The summed E-state index contributed by atoms with van der Waals surface area (Å²) < 4.78 is 38.0. The van der Waals surface area contributed by atoms with E-state index in [2.05, 4.69) is 45.6 Å². The topological polar surface area (TPSA) is 72.5 Å². The minimum absolute atomic E-state index is 0.112. The van der Waals surface area contributed by atoms with Gasteiger partial charge < -0.3 is 18.7 Å². The molecule has 4 heterocycles. The first-order valence-corrected chi connectivity index (χ1v) is 12.3. The summed E-state index contributed by atoms with van der Waals surface area (Å²) >= 11 is 0. The van der Waals surface area contributed by atoms with Crippen molar-refractivity contribution in [1.82, 2.24) is 29.5 Å². The van der Waals surface area contributed by atoms with E-state index in [9.17, 15) is 8.78 Å². The summed E-state index contributed by atoms with van der Waals surface area (Å²) in [4.78, 5) is 14.3. The fourth-order valence-corrected chi connectivity index (χ4v) is 5.20. The number of piperazine rings is 1. The van der Waals surface area contributed by atoms with Crippen molar-refractivity contribution >= 4 is 21.9 Å². The van der Waals surface area contributed by atoms with Gasteiger partial charge in [0, 0.05) is 37.1 Å². The Balaban J connectivity index is 1.65. The zero-order chi connectivity index (χ0) is 25.6. The Kier molecular flexibility index (Phi) is 6.76. The molecule has 5 rings (SSSR count). The van der Waals surface area contributed by atoms with Crippen LogP contribution in [0.5, 0.6) is 0 Å². The Bertz CT molecular complexity index is 1370. The van der Waals surface area contributed by atoms with E-state index >= 15 is 0 Å². The van der Waals surface area contributed by atoms with Gasteiger partial charge in [0.25, 0.3) is 0 Å². The number of alkyl halides is 2. The van der Waals surface area contributed by atoms with Crippen LogP contribution in [0.4, 0.5) is 8.78 Å². The smallest absolute Gasteiger partial charge is 0.345 e. The summed E-state index contributed by atoms with van der Waals surface area (Å²) in [5.41, 5.74) is 6.31. The summed E-state index contributed by atoms with van der Waals surface area (Å²) in [6.45, 7) is 9.32. The number of hydrogen-bond acceptors (Lipinski definition) is 7. The molecule has 0 N–H and O–H groups in total. The number of hydrogen-bond donors (Lipinski definition) is 0. The van der Waals surface area contributed by atoms with Crippen LogP contribution < -0.4 is 0 Å². The van der Waals surface area contributed by atoms with Crippen molar-refractivity contribution in [1.29, 1.82) is 0 Å². The van der Waals surface area contributed by atoms with Crippen LogP contribution in [-0.2, 0) is 11.3 Å². The van der Waals surface area contributed by atoms with Gasteiger partial charge in [-0.3, -0.25) is 9.88 Å². The van der Waals surface area contributed by atoms with Crippen LogP contribution in [0.3, 0.4) is 0 Å². The van der Waals surface area contributed by atoms with Gasteiger partial charge in [0.15, 0.2) is 0 Å². The number of likely N-dealkylation sites (N-methyl/N-ethyl adjacent to an activating group) is 1. The van der Waals surface area contributed by atoms with Gasteiger partial charge in [0.1, 0.15) is 17.1 Å². The lowest BCUT2D eigenvalue weighted by Gasteiger charge is -2.32. The van der Waals surface area contributed by atoms with Gasteiger partial charge >= 0.3 is 6.61 Å². The lowest BCUT2D eigenvalue weighted by molar-refractivity contribution is -0.135. The molecule has 36 heavy (non-hydrogen) atoms. The predicted octanol–water partition coefficient (Wildman–Crippen LogP) is 4.71. The van der Waals surface area contributed by atoms with E-state index in [-0.39, 0.29) is 12.6 Å². The summed E-state index contributed by atoms with van der Waals surface area (Å²) in [6.07, 6.45) is 1.77. The van der Waals surface area contributed by atoms with Crippen molar-refractivity contribution in [2.45, 2.75) is 46.9 Å². The van der Waals surface area contributed by atoms with Crippen LogP contribution in [0.15, 0.2) is 22.9 Å². The molecule has 4 aromatic rings. The van der Waals surface area contributed by atoms with Crippen LogP contribution in [0.2, 0.25) is 0 Å². The first kappa shape index (κ1) is 24.7. The summed E-state index contributed by atoms with van der Waals surface area (Å²) in [6, 6.07) is 3.82. The van der Waals surface area contributed by atoms with Crippen molar-refractivity contribution in [3.8, 4) is 11.1 Å². The lowest BCUT2D eigenvalue weighted by atomic mass is 9.96.